The maximum absolute atomic E-state index is 11.9. The smallest absolute Gasteiger partial charge is 0.222 e. The van der Waals surface area contributed by atoms with Gasteiger partial charge in [0.25, 0.3) is 0 Å². The van der Waals surface area contributed by atoms with Crippen LogP contribution >= 0.6 is 23.2 Å². The standard InChI is InChI=1S/C19H19Cl2N3O/c1-12(2)19(25)22-10-18-23-16-8-3-4-9-17(16)24(18)11-13-14(20)6-5-7-15(13)21/h3-9,12H,10-11H2,1-2H3,(H,22,25). The van der Waals surface area contributed by atoms with Crippen molar-refractivity contribution in [2.24, 2.45) is 5.92 Å². The van der Waals surface area contributed by atoms with Gasteiger partial charge < -0.3 is 9.88 Å². The summed E-state index contributed by atoms with van der Waals surface area (Å²) in [6, 6.07) is 13.3. The van der Waals surface area contributed by atoms with Crippen LogP contribution in [0.4, 0.5) is 0 Å². The van der Waals surface area contributed by atoms with E-state index in [1.54, 1.807) is 0 Å². The SMILES string of the molecule is CC(C)C(=O)NCc1nc2ccccc2n1Cc1c(Cl)cccc1Cl. The molecule has 0 unspecified atom stereocenters. The molecule has 0 atom stereocenters. The summed E-state index contributed by atoms with van der Waals surface area (Å²) in [5.74, 6) is 0.691. The van der Waals surface area contributed by atoms with Crippen molar-refractivity contribution in [2.75, 3.05) is 0 Å². The largest absolute Gasteiger partial charge is 0.349 e. The summed E-state index contributed by atoms with van der Waals surface area (Å²) in [6.45, 7) is 4.57. The molecule has 6 heteroatoms. The molecule has 0 fully saturated rings. The Morgan fingerprint density at radius 1 is 1.12 bits per heavy atom. The number of aromatic nitrogens is 2. The number of para-hydroxylation sites is 2. The molecule has 1 N–H and O–H groups in total. The minimum Gasteiger partial charge on any atom is -0.349 e. The number of nitrogens with zero attached hydrogens (tertiary/aromatic N) is 2. The number of nitrogens with one attached hydrogen (secondary N) is 1. The summed E-state index contributed by atoms with van der Waals surface area (Å²) in [4.78, 5) is 16.6. The van der Waals surface area contributed by atoms with Crippen molar-refractivity contribution < 1.29 is 4.79 Å². The zero-order chi connectivity index (χ0) is 18.0. The van der Waals surface area contributed by atoms with Gasteiger partial charge in [-0.15, -0.1) is 0 Å². The Hall–Kier alpha value is -2.04. The molecule has 0 saturated carbocycles. The monoisotopic (exact) mass is 375 g/mol. The normalized spacial score (nSPS) is 11.2. The highest BCUT2D eigenvalue weighted by Crippen LogP contribution is 2.27. The van der Waals surface area contributed by atoms with Crippen molar-refractivity contribution in [1.82, 2.24) is 14.9 Å². The zero-order valence-corrected chi connectivity index (χ0v) is 15.6. The van der Waals surface area contributed by atoms with E-state index >= 15 is 0 Å². The molecule has 3 aromatic rings. The molecule has 1 aromatic heterocycles. The lowest BCUT2D eigenvalue weighted by atomic mass is 10.2. The van der Waals surface area contributed by atoms with Gasteiger partial charge in [0.05, 0.1) is 24.1 Å². The van der Waals surface area contributed by atoms with Crippen molar-refractivity contribution in [3.05, 3.63) is 63.9 Å². The van der Waals surface area contributed by atoms with E-state index in [1.165, 1.54) is 0 Å². The number of hydrogen-bond acceptors (Lipinski definition) is 2. The van der Waals surface area contributed by atoms with Gasteiger partial charge in [-0.25, -0.2) is 4.98 Å². The fraction of sp³-hybridized carbons (Fsp3) is 0.263. The molecule has 2 aromatic carbocycles. The van der Waals surface area contributed by atoms with E-state index in [9.17, 15) is 4.79 Å². The first-order valence-electron chi connectivity index (χ1n) is 8.12. The van der Waals surface area contributed by atoms with E-state index in [4.69, 9.17) is 23.2 Å². The van der Waals surface area contributed by atoms with Crippen LogP contribution in [-0.4, -0.2) is 15.5 Å². The van der Waals surface area contributed by atoms with Gasteiger partial charge in [-0.1, -0.05) is 55.2 Å². The number of amides is 1. The summed E-state index contributed by atoms with van der Waals surface area (Å²) in [5.41, 5.74) is 2.69. The van der Waals surface area contributed by atoms with Crippen molar-refractivity contribution >= 4 is 40.1 Å². The minimum atomic E-state index is -0.0733. The Bertz CT molecular complexity index is 898. The molecule has 25 heavy (non-hydrogen) atoms. The van der Waals surface area contributed by atoms with E-state index < -0.39 is 0 Å². The summed E-state index contributed by atoms with van der Waals surface area (Å²) < 4.78 is 2.04. The molecule has 0 bridgehead atoms. The van der Waals surface area contributed by atoms with Gasteiger partial charge in [0.2, 0.25) is 5.91 Å². The topological polar surface area (TPSA) is 46.9 Å². The van der Waals surface area contributed by atoms with Crippen LogP contribution in [0.1, 0.15) is 25.2 Å². The highest BCUT2D eigenvalue weighted by molar-refractivity contribution is 6.36. The van der Waals surface area contributed by atoms with E-state index in [0.29, 0.717) is 23.1 Å². The van der Waals surface area contributed by atoms with Gasteiger partial charge in [0.15, 0.2) is 0 Å². The van der Waals surface area contributed by atoms with Crippen LogP contribution in [0.25, 0.3) is 11.0 Å². The Morgan fingerprint density at radius 3 is 2.48 bits per heavy atom. The predicted octanol–water partition coefficient (Wildman–Crippen LogP) is 4.66. The van der Waals surface area contributed by atoms with Crippen molar-refractivity contribution in [2.45, 2.75) is 26.9 Å². The second kappa shape index (κ2) is 7.46. The highest BCUT2D eigenvalue weighted by Gasteiger charge is 2.15. The van der Waals surface area contributed by atoms with Crippen molar-refractivity contribution in [1.29, 1.82) is 0 Å². The first-order valence-corrected chi connectivity index (χ1v) is 8.87. The third kappa shape index (κ3) is 3.80. The van der Waals surface area contributed by atoms with Crippen LogP contribution in [0, 0.1) is 5.92 Å². The number of carbonyl (C=O) groups excluding carboxylic acids is 1. The number of hydrogen-bond donors (Lipinski definition) is 1. The first-order chi connectivity index (χ1) is 12.0. The van der Waals surface area contributed by atoms with Crippen LogP contribution in [0.5, 0.6) is 0 Å². The number of benzene rings is 2. The number of imidazole rings is 1. The second-order valence-electron chi connectivity index (χ2n) is 6.18. The van der Waals surface area contributed by atoms with Gasteiger partial charge in [-0.3, -0.25) is 4.79 Å². The number of halogens is 2. The Labute approximate surface area is 156 Å². The van der Waals surface area contributed by atoms with Crippen molar-refractivity contribution in [3.63, 3.8) is 0 Å². The molecule has 3 rings (SSSR count). The second-order valence-corrected chi connectivity index (χ2v) is 6.99. The average Bonchev–Trinajstić information content (AvgIpc) is 2.93. The van der Waals surface area contributed by atoms with Crippen LogP contribution < -0.4 is 5.32 Å². The molecule has 0 aliphatic rings. The van der Waals surface area contributed by atoms with Crippen LogP contribution in [0.3, 0.4) is 0 Å². The first kappa shape index (κ1) is 17.8. The quantitative estimate of drug-likeness (QED) is 0.704. The highest BCUT2D eigenvalue weighted by atomic mass is 35.5. The van der Waals surface area contributed by atoms with Gasteiger partial charge in [-0.05, 0) is 24.3 Å². The molecule has 4 nitrogen and oxygen atoms in total. The summed E-state index contributed by atoms with van der Waals surface area (Å²) in [7, 11) is 0. The van der Waals surface area contributed by atoms with Crippen LogP contribution in [0.15, 0.2) is 42.5 Å². The summed E-state index contributed by atoms with van der Waals surface area (Å²) in [6.07, 6.45) is 0. The Kier molecular flexibility index (Phi) is 5.30. The molecule has 130 valence electrons. The lowest BCUT2D eigenvalue weighted by Crippen LogP contribution is -2.28. The maximum Gasteiger partial charge on any atom is 0.222 e. The molecule has 0 spiro atoms. The van der Waals surface area contributed by atoms with Gasteiger partial charge in [0.1, 0.15) is 5.82 Å². The molecule has 1 amide bonds. The third-order valence-electron chi connectivity index (χ3n) is 4.06. The van der Waals surface area contributed by atoms with Crippen molar-refractivity contribution in [3.8, 4) is 0 Å². The predicted molar refractivity (Wildman–Crippen MR) is 102 cm³/mol. The fourth-order valence-electron chi connectivity index (χ4n) is 2.65. The number of carbonyl (C=O) groups is 1. The third-order valence-corrected chi connectivity index (χ3v) is 4.76. The lowest BCUT2D eigenvalue weighted by molar-refractivity contribution is -0.124. The van der Waals surface area contributed by atoms with E-state index in [0.717, 1.165) is 22.4 Å². The average molecular weight is 376 g/mol. The summed E-state index contributed by atoms with van der Waals surface area (Å²) >= 11 is 12.7. The molecule has 0 saturated heterocycles. The van der Waals surface area contributed by atoms with Crippen LogP contribution in [-0.2, 0) is 17.9 Å². The maximum atomic E-state index is 11.9. The molecular weight excluding hydrogens is 357 g/mol. The fourth-order valence-corrected chi connectivity index (χ4v) is 3.17. The van der Waals surface area contributed by atoms with Gasteiger partial charge in [0, 0.05) is 21.5 Å². The van der Waals surface area contributed by atoms with E-state index in [2.05, 4.69) is 10.3 Å². The number of fused-ring (bicyclic) bond motifs is 1. The lowest BCUT2D eigenvalue weighted by Gasteiger charge is -2.13. The molecular formula is C19H19Cl2N3O. The molecule has 0 radical (unpaired) electrons. The molecule has 1 heterocycles. The Balaban J connectivity index is 2.00. The van der Waals surface area contributed by atoms with Crippen LogP contribution in [0.2, 0.25) is 10.0 Å². The summed E-state index contributed by atoms with van der Waals surface area (Å²) in [5, 5.41) is 4.15. The van der Waals surface area contributed by atoms with Gasteiger partial charge >= 0.3 is 0 Å². The Morgan fingerprint density at radius 2 is 1.80 bits per heavy atom. The van der Waals surface area contributed by atoms with E-state index in [-0.39, 0.29) is 11.8 Å². The zero-order valence-electron chi connectivity index (χ0n) is 14.1. The molecule has 0 aliphatic carbocycles. The molecule has 0 aliphatic heterocycles. The number of rotatable bonds is 5. The van der Waals surface area contributed by atoms with E-state index in [1.807, 2.05) is 60.9 Å². The van der Waals surface area contributed by atoms with Gasteiger partial charge in [-0.2, -0.15) is 0 Å². The minimum absolute atomic E-state index is 0.00520.